The normalized spacial score (nSPS) is 17.0. The van der Waals surface area contributed by atoms with Crippen LogP contribution < -0.4 is 0 Å². The summed E-state index contributed by atoms with van der Waals surface area (Å²) in [6.07, 6.45) is -1.89. The van der Waals surface area contributed by atoms with Crippen molar-refractivity contribution < 1.29 is 22.4 Å². The molecule has 27 heavy (non-hydrogen) atoms. The zero-order valence-corrected chi connectivity index (χ0v) is 14.7. The van der Waals surface area contributed by atoms with E-state index in [1.54, 1.807) is 29.3 Å². The smallest absolute Gasteiger partial charge is 0.342 e. The molecule has 2 aromatic rings. The fourth-order valence-electron chi connectivity index (χ4n) is 3.26. The first-order valence-corrected chi connectivity index (χ1v) is 8.82. The van der Waals surface area contributed by atoms with Crippen molar-refractivity contribution in [3.05, 3.63) is 65.5 Å². The zero-order valence-electron chi connectivity index (χ0n) is 14.7. The number of halogens is 4. The van der Waals surface area contributed by atoms with Crippen LogP contribution in [0.4, 0.5) is 17.6 Å². The summed E-state index contributed by atoms with van der Waals surface area (Å²) in [5, 5.41) is 0. The van der Waals surface area contributed by atoms with Crippen LogP contribution in [0.3, 0.4) is 0 Å². The van der Waals surface area contributed by atoms with Crippen LogP contribution in [0.15, 0.2) is 48.7 Å². The van der Waals surface area contributed by atoms with Gasteiger partial charge in [-0.05, 0) is 36.2 Å². The average Bonchev–Trinajstić information content (AvgIpc) is 2.67. The second-order valence-electron chi connectivity index (χ2n) is 6.76. The summed E-state index contributed by atoms with van der Waals surface area (Å²) >= 11 is 0. The van der Waals surface area contributed by atoms with Crippen LogP contribution in [0, 0.1) is 0 Å². The topological polar surface area (TPSA) is 33.2 Å². The van der Waals surface area contributed by atoms with Gasteiger partial charge in [0.25, 0.3) is 0 Å². The van der Waals surface area contributed by atoms with Crippen molar-refractivity contribution in [2.24, 2.45) is 0 Å². The Morgan fingerprint density at radius 1 is 1.07 bits per heavy atom. The van der Waals surface area contributed by atoms with Crippen LogP contribution in [0.25, 0.3) is 0 Å². The molecule has 0 radical (unpaired) electrons. The van der Waals surface area contributed by atoms with Crippen LogP contribution in [-0.4, -0.2) is 28.9 Å². The van der Waals surface area contributed by atoms with E-state index in [0.717, 1.165) is 12.1 Å². The largest absolute Gasteiger partial charge is 0.416 e. The minimum absolute atomic E-state index is 0.113. The van der Waals surface area contributed by atoms with E-state index in [2.05, 4.69) is 4.98 Å². The van der Waals surface area contributed by atoms with Gasteiger partial charge in [0.2, 0.25) is 5.91 Å². The molecule has 1 fully saturated rings. The molecular weight excluding hydrogens is 360 g/mol. The Morgan fingerprint density at radius 2 is 1.74 bits per heavy atom. The van der Waals surface area contributed by atoms with E-state index in [0.29, 0.717) is 30.8 Å². The van der Waals surface area contributed by atoms with Gasteiger partial charge >= 0.3 is 6.18 Å². The number of alkyl halides is 4. The Morgan fingerprint density at radius 3 is 2.30 bits per heavy atom. The van der Waals surface area contributed by atoms with Gasteiger partial charge in [0.05, 0.1) is 11.3 Å². The maximum absolute atomic E-state index is 15.0. The first-order valence-electron chi connectivity index (χ1n) is 8.82. The summed E-state index contributed by atoms with van der Waals surface area (Å²) in [5.41, 5.74) is -1.17. The minimum atomic E-state index is -4.37. The highest BCUT2D eigenvalue weighted by Crippen LogP contribution is 2.36. The maximum atomic E-state index is 15.0. The number of likely N-dealkylation sites (tertiary alicyclic amines) is 1. The molecular formula is C20H20F4N2O. The number of piperidine rings is 1. The van der Waals surface area contributed by atoms with E-state index in [1.165, 1.54) is 12.1 Å². The van der Waals surface area contributed by atoms with Crippen molar-refractivity contribution in [1.29, 1.82) is 0 Å². The van der Waals surface area contributed by atoms with Gasteiger partial charge in [-0.3, -0.25) is 9.78 Å². The number of pyridine rings is 1. The molecule has 0 atom stereocenters. The van der Waals surface area contributed by atoms with E-state index < -0.39 is 17.4 Å². The lowest BCUT2D eigenvalue weighted by Crippen LogP contribution is -2.43. The van der Waals surface area contributed by atoms with Crippen molar-refractivity contribution in [3.8, 4) is 0 Å². The van der Waals surface area contributed by atoms with Crippen molar-refractivity contribution in [3.63, 3.8) is 0 Å². The maximum Gasteiger partial charge on any atom is 0.416 e. The molecule has 0 unspecified atom stereocenters. The standard InChI is InChI=1S/C20H20F4N2O/c21-19(17-3-1-2-12-25-17)10-13-26(14-11-19)18(27)9-6-15-4-7-16(8-5-15)20(22,23)24/h1-5,7-8,12H,6,9-11,13-14H2. The van der Waals surface area contributed by atoms with Crippen molar-refractivity contribution >= 4 is 5.91 Å². The second-order valence-corrected chi connectivity index (χ2v) is 6.76. The fourth-order valence-corrected chi connectivity index (χ4v) is 3.26. The average molecular weight is 380 g/mol. The van der Waals surface area contributed by atoms with Crippen molar-refractivity contribution in [2.75, 3.05) is 13.1 Å². The van der Waals surface area contributed by atoms with Gasteiger partial charge < -0.3 is 4.90 Å². The highest BCUT2D eigenvalue weighted by Gasteiger charge is 2.38. The number of nitrogens with zero attached hydrogens (tertiary/aromatic N) is 2. The highest BCUT2D eigenvalue weighted by molar-refractivity contribution is 5.76. The zero-order chi connectivity index (χ0) is 19.5. The van der Waals surface area contributed by atoms with Crippen LogP contribution in [0.2, 0.25) is 0 Å². The molecule has 3 nitrogen and oxygen atoms in total. The van der Waals surface area contributed by atoms with E-state index in [1.807, 2.05) is 0 Å². The Labute approximate surface area is 155 Å². The minimum Gasteiger partial charge on any atom is -0.342 e. The summed E-state index contributed by atoms with van der Waals surface area (Å²) in [5.74, 6) is -0.113. The third-order valence-corrected chi connectivity index (χ3v) is 4.94. The number of aryl methyl sites for hydroxylation is 1. The summed E-state index contributed by atoms with van der Waals surface area (Å²) in [4.78, 5) is 18.1. The van der Waals surface area contributed by atoms with Gasteiger partial charge in [-0.25, -0.2) is 4.39 Å². The Balaban J connectivity index is 1.51. The van der Waals surface area contributed by atoms with E-state index >= 15 is 4.39 Å². The number of amides is 1. The molecule has 144 valence electrons. The molecule has 0 bridgehead atoms. The van der Waals surface area contributed by atoms with Gasteiger partial charge in [-0.15, -0.1) is 0 Å². The van der Waals surface area contributed by atoms with Gasteiger partial charge in [-0.1, -0.05) is 18.2 Å². The molecule has 7 heteroatoms. The Kier molecular flexibility index (Phi) is 5.48. The SMILES string of the molecule is O=C(CCc1ccc(C(F)(F)F)cc1)N1CCC(F)(c2ccccn2)CC1. The summed E-state index contributed by atoms with van der Waals surface area (Å²) in [7, 11) is 0. The molecule has 2 heterocycles. The summed E-state index contributed by atoms with van der Waals surface area (Å²) in [6.45, 7) is 0.609. The quantitative estimate of drug-likeness (QED) is 0.731. The lowest BCUT2D eigenvalue weighted by molar-refractivity contribution is -0.137. The molecule has 1 aliphatic rings. The molecule has 1 aromatic heterocycles. The fraction of sp³-hybridized carbons (Fsp3) is 0.400. The Hall–Kier alpha value is -2.44. The lowest BCUT2D eigenvalue weighted by atomic mass is 9.89. The van der Waals surface area contributed by atoms with E-state index in [9.17, 15) is 18.0 Å². The van der Waals surface area contributed by atoms with E-state index in [4.69, 9.17) is 0 Å². The van der Waals surface area contributed by atoms with Gasteiger partial charge in [0.1, 0.15) is 0 Å². The first kappa shape index (κ1) is 19.3. The number of carbonyl (C=O) groups excluding carboxylic acids is 1. The van der Waals surface area contributed by atoms with Gasteiger partial charge in [0.15, 0.2) is 5.67 Å². The highest BCUT2D eigenvalue weighted by atomic mass is 19.4. The lowest BCUT2D eigenvalue weighted by Gasteiger charge is -2.36. The summed E-state index contributed by atoms with van der Waals surface area (Å²) < 4.78 is 52.7. The molecule has 1 aliphatic heterocycles. The van der Waals surface area contributed by atoms with Crippen molar-refractivity contribution in [1.82, 2.24) is 9.88 Å². The van der Waals surface area contributed by atoms with Crippen LogP contribution in [0.5, 0.6) is 0 Å². The molecule has 1 aromatic carbocycles. The van der Waals surface area contributed by atoms with Crippen LogP contribution in [0.1, 0.15) is 36.1 Å². The van der Waals surface area contributed by atoms with Crippen molar-refractivity contribution in [2.45, 2.75) is 37.5 Å². The van der Waals surface area contributed by atoms with Crippen LogP contribution in [-0.2, 0) is 23.1 Å². The molecule has 1 saturated heterocycles. The molecule has 0 saturated carbocycles. The number of aromatic nitrogens is 1. The van der Waals surface area contributed by atoms with E-state index in [-0.39, 0.29) is 25.2 Å². The van der Waals surface area contributed by atoms with Crippen LogP contribution >= 0.6 is 0 Å². The monoisotopic (exact) mass is 380 g/mol. The molecule has 3 rings (SSSR count). The predicted octanol–water partition coefficient (Wildman–Crippen LogP) is 4.52. The number of benzene rings is 1. The molecule has 0 aliphatic carbocycles. The summed E-state index contributed by atoms with van der Waals surface area (Å²) in [6, 6.07) is 9.94. The van der Waals surface area contributed by atoms with Gasteiger partial charge in [0, 0.05) is 38.5 Å². The number of carbonyl (C=O) groups is 1. The second kappa shape index (κ2) is 7.66. The Bertz CT molecular complexity index is 767. The van der Waals surface area contributed by atoms with Gasteiger partial charge in [-0.2, -0.15) is 13.2 Å². The number of rotatable bonds is 4. The first-order chi connectivity index (χ1) is 12.8. The third kappa shape index (κ3) is 4.64. The number of hydrogen-bond donors (Lipinski definition) is 0. The predicted molar refractivity (Wildman–Crippen MR) is 92.6 cm³/mol. The molecule has 1 amide bonds. The third-order valence-electron chi connectivity index (χ3n) is 4.94. The molecule has 0 spiro atoms. The molecule has 0 N–H and O–H groups in total. The number of hydrogen-bond acceptors (Lipinski definition) is 2.